The normalized spacial score (nSPS) is 18.9. The van der Waals surface area contributed by atoms with Crippen LogP contribution in [0.2, 0.25) is 0 Å². The number of aromatic nitrogens is 2. The van der Waals surface area contributed by atoms with Gasteiger partial charge in [-0.25, -0.2) is 0 Å². The van der Waals surface area contributed by atoms with E-state index in [1.807, 2.05) is 0 Å². The number of alkyl halides is 2. The summed E-state index contributed by atoms with van der Waals surface area (Å²) in [6.07, 6.45) is 3.52. The van der Waals surface area contributed by atoms with Crippen molar-refractivity contribution in [1.82, 2.24) is 15.1 Å². The molecule has 0 spiro atoms. The molecule has 2 heterocycles. The summed E-state index contributed by atoms with van der Waals surface area (Å²) in [6.45, 7) is 3.48. The number of nitrogens with zero attached hydrogens (tertiary/aromatic N) is 2. The van der Waals surface area contributed by atoms with Crippen molar-refractivity contribution in [2.24, 2.45) is 5.92 Å². The highest BCUT2D eigenvalue weighted by molar-refractivity contribution is 5.07. The van der Waals surface area contributed by atoms with Crippen molar-refractivity contribution in [1.29, 1.82) is 0 Å². The van der Waals surface area contributed by atoms with Gasteiger partial charge in [-0.3, -0.25) is 4.68 Å². The van der Waals surface area contributed by atoms with Gasteiger partial charge in [0.2, 0.25) is 0 Å². The molecule has 0 unspecified atom stereocenters. The van der Waals surface area contributed by atoms with Gasteiger partial charge in [-0.1, -0.05) is 0 Å². The third-order valence-electron chi connectivity index (χ3n) is 3.06. The van der Waals surface area contributed by atoms with E-state index in [4.69, 9.17) is 0 Å². The Morgan fingerprint density at radius 1 is 1.50 bits per heavy atom. The molecule has 1 aromatic rings. The van der Waals surface area contributed by atoms with Gasteiger partial charge in [0, 0.05) is 19.7 Å². The first-order valence-corrected chi connectivity index (χ1v) is 5.68. The van der Waals surface area contributed by atoms with Crippen molar-refractivity contribution in [3.05, 3.63) is 18.0 Å². The Kier molecular flexibility index (Phi) is 3.23. The SMILES string of the molecule is CC(F)(F)c1ccnn1CC1CCNCC1. The molecule has 0 aliphatic carbocycles. The lowest BCUT2D eigenvalue weighted by molar-refractivity contribution is 0.00673. The maximum absolute atomic E-state index is 13.2. The van der Waals surface area contributed by atoms with Crippen LogP contribution in [0.1, 0.15) is 25.5 Å². The lowest BCUT2D eigenvalue weighted by Gasteiger charge is -2.24. The van der Waals surface area contributed by atoms with Crippen molar-refractivity contribution >= 4 is 0 Å². The lowest BCUT2D eigenvalue weighted by Crippen LogP contribution is -2.31. The van der Waals surface area contributed by atoms with Gasteiger partial charge in [-0.2, -0.15) is 13.9 Å². The van der Waals surface area contributed by atoms with Gasteiger partial charge in [0.25, 0.3) is 5.92 Å². The van der Waals surface area contributed by atoms with E-state index in [0.29, 0.717) is 12.5 Å². The molecule has 1 aliphatic rings. The Morgan fingerprint density at radius 3 is 2.81 bits per heavy atom. The predicted molar refractivity (Wildman–Crippen MR) is 57.4 cm³/mol. The molecule has 0 atom stereocenters. The number of hydrogen-bond donors (Lipinski definition) is 1. The number of hydrogen-bond acceptors (Lipinski definition) is 2. The van der Waals surface area contributed by atoms with Crippen LogP contribution >= 0.6 is 0 Å². The molecule has 1 fully saturated rings. The molecule has 1 N–H and O–H groups in total. The van der Waals surface area contributed by atoms with Gasteiger partial charge in [-0.05, 0) is 37.9 Å². The van der Waals surface area contributed by atoms with E-state index in [-0.39, 0.29) is 5.69 Å². The van der Waals surface area contributed by atoms with Crippen molar-refractivity contribution in [3.63, 3.8) is 0 Å². The van der Waals surface area contributed by atoms with Crippen molar-refractivity contribution in [3.8, 4) is 0 Å². The largest absolute Gasteiger partial charge is 0.317 e. The maximum Gasteiger partial charge on any atom is 0.286 e. The first kappa shape index (κ1) is 11.5. The van der Waals surface area contributed by atoms with Crippen LogP contribution in [0.25, 0.3) is 0 Å². The second kappa shape index (κ2) is 4.49. The molecular formula is C11H17F2N3. The van der Waals surface area contributed by atoms with Crippen LogP contribution in [0, 0.1) is 5.92 Å². The van der Waals surface area contributed by atoms with Crippen molar-refractivity contribution in [2.75, 3.05) is 13.1 Å². The Labute approximate surface area is 93.8 Å². The summed E-state index contributed by atoms with van der Waals surface area (Å²) in [5.74, 6) is -2.34. The quantitative estimate of drug-likeness (QED) is 0.859. The van der Waals surface area contributed by atoms with Crippen molar-refractivity contribution < 1.29 is 8.78 Å². The topological polar surface area (TPSA) is 29.9 Å². The molecule has 1 saturated heterocycles. The van der Waals surface area contributed by atoms with E-state index >= 15 is 0 Å². The van der Waals surface area contributed by atoms with Crippen LogP contribution in [0.3, 0.4) is 0 Å². The van der Waals surface area contributed by atoms with E-state index in [9.17, 15) is 8.78 Å². The molecule has 0 saturated carbocycles. The number of piperidine rings is 1. The predicted octanol–water partition coefficient (Wildman–Crippen LogP) is 1.99. The van der Waals surface area contributed by atoms with E-state index < -0.39 is 5.92 Å². The molecule has 0 radical (unpaired) electrons. The fourth-order valence-electron chi connectivity index (χ4n) is 2.16. The molecule has 0 aromatic carbocycles. The molecule has 3 nitrogen and oxygen atoms in total. The van der Waals surface area contributed by atoms with E-state index in [1.165, 1.54) is 16.9 Å². The smallest absolute Gasteiger partial charge is 0.286 e. The minimum absolute atomic E-state index is 0.0195. The average molecular weight is 229 g/mol. The van der Waals surface area contributed by atoms with Crippen molar-refractivity contribution in [2.45, 2.75) is 32.2 Å². The number of rotatable bonds is 3. The second-order valence-corrected chi connectivity index (χ2v) is 4.48. The van der Waals surface area contributed by atoms with E-state index in [1.54, 1.807) is 0 Å². The highest BCUT2D eigenvalue weighted by atomic mass is 19.3. The molecule has 5 heteroatoms. The molecule has 1 aromatic heterocycles. The maximum atomic E-state index is 13.2. The average Bonchev–Trinajstić information content (AvgIpc) is 2.67. The first-order chi connectivity index (χ1) is 7.57. The van der Waals surface area contributed by atoms with Gasteiger partial charge in [0.1, 0.15) is 5.69 Å². The van der Waals surface area contributed by atoms with Gasteiger partial charge < -0.3 is 5.32 Å². The van der Waals surface area contributed by atoms with Gasteiger partial charge in [0.15, 0.2) is 0 Å². The summed E-state index contributed by atoms with van der Waals surface area (Å²) in [7, 11) is 0. The van der Waals surface area contributed by atoms with Crippen LogP contribution in [0.15, 0.2) is 12.3 Å². The summed E-state index contributed by atoms with van der Waals surface area (Å²) < 4.78 is 27.9. The highest BCUT2D eigenvalue weighted by Crippen LogP contribution is 2.27. The molecule has 1 aliphatic heterocycles. The summed E-state index contributed by atoms with van der Waals surface area (Å²) in [5, 5.41) is 7.25. The minimum atomic E-state index is -2.80. The Hall–Kier alpha value is -0.970. The summed E-state index contributed by atoms with van der Waals surface area (Å²) in [6, 6.07) is 1.40. The Balaban J connectivity index is 2.06. The van der Waals surface area contributed by atoms with Gasteiger partial charge >= 0.3 is 0 Å². The van der Waals surface area contributed by atoms with Crippen LogP contribution in [-0.4, -0.2) is 22.9 Å². The Morgan fingerprint density at radius 2 is 2.19 bits per heavy atom. The zero-order valence-corrected chi connectivity index (χ0v) is 9.42. The first-order valence-electron chi connectivity index (χ1n) is 5.68. The standard InChI is InChI=1S/C11H17F2N3/c1-11(12,13)10-4-7-15-16(10)8-9-2-5-14-6-3-9/h4,7,9,14H,2-3,5-6,8H2,1H3. The molecule has 0 bridgehead atoms. The fraction of sp³-hybridized carbons (Fsp3) is 0.727. The monoisotopic (exact) mass is 229 g/mol. The third-order valence-corrected chi connectivity index (χ3v) is 3.06. The van der Waals surface area contributed by atoms with Crippen LogP contribution in [0.5, 0.6) is 0 Å². The lowest BCUT2D eigenvalue weighted by atomic mass is 9.98. The second-order valence-electron chi connectivity index (χ2n) is 4.48. The highest BCUT2D eigenvalue weighted by Gasteiger charge is 2.29. The van der Waals surface area contributed by atoms with Crippen LogP contribution in [0.4, 0.5) is 8.78 Å². The molecular weight excluding hydrogens is 212 g/mol. The summed E-state index contributed by atoms with van der Waals surface area (Å²) in [4.78, 5) is 0. The summed E-state index contributed by atoms with van der Waals surface area (Å²) in [5.41, 5.74) is 0.0195. The molecule has 16 heavy (non-hydrogen) atoms. The fourth-order valence-corrected chi connectivity index (χ4v) is 2.16. The van der Waals surface area contributed by atoms with E-state index in [2.05, 4.69) is 10.4 Å². The van der Waals surface area contributed by atoms with Crippen LogP contribution < -0.4 is 5.32 Å². The van der Waals surface area contributed by atoms with Crippen LogP contribution in [-0.2, 0) is 12.5 Å². The molecule has 2 rings (SSSR count). The van der Waals surface area contributed by atoms with Gasteiger partial charge in [-0.15, -0.1) is 0 Å². The zero-order chi connectivity index (χ0) is 11.6. The minimum Gasteiger partial charge on any atom is -0.317 e. The van der Waals surface area contributed by atoms with Gasteiger partial charge in [0.05, 0.1) is 0 Å². The Bertz CT molecular complexity index is 337. The summed E-state index contributed by atoms with van der Waals surface area (Å²) >= 11 is 0. The number of halogens is 2. The molecule has 0 amide bonds. The number of nitrogens with one attached hydrogen (secondary N) is 1. The van der Waals surface area contributed by atoms with E-state index in [0.717, 1.165) is 32.9 Å². The third kappa shape index (κ3) is 2.58. The molecule has 90 valence electrons. The zero-order valence-electron chi connectivity index (χ0n) is 9.42.